The predicted molar refractivity (Wildman–Crippen MR) is 82.2 cm³/mol. The molecule has 0 unspecified atom stereocenters. The largest absolute Gasteiger partial charge is 0.383 e. The van der Waals surface area contributed by atoms with Crippen LogP contribution in [0.3, 0.4) is 0 Å². The number of nitrogens with zero attached hydrogens (tertiary/aromatic N) is 4. The minimum atomic E-state index is 0.606. The van der Waals surface area contributed by atoms with Gasteiger partial charge in [0.25, 0.3) is 0 Å². The van der Waals surface area contributed by atoms with Gasteiger partial charge in [-0.25, -0.2) is 15.0 Å². The van der Waals surface area contributed by atoms with E-state index in [2.05, 4.69) is 37.1 Å². The summed E-state index contributed by atoms with van der Waals surface area (Å²) in [6, 6.07) is 5.90. The Morgan fingerprint density at radius 2 is 2.14 bits per heavy atom. The highest BCUT2D eigenvalue weighted by molar-refractivity contribution is 5.93. The number of nitrogens with one attached hydrogen (secondary N) is 1. The van der Waals surface area contributed by atoms with Crippen LogP contribution in [0, 0.1) is 0 Å². The molecule has 0 aliphatic heterocycles. The fourth-order valence-corrected chi connectivity index (χ4v) is 2.32. The summed E-state index contributed by atoms with van der Waals surface area (Å²) in [5.74, 6) is 0.606. The third-order valence-electron chi connectivity index (χ3n) is 3.33. The van der Waals surface area contributed by atoms with Gasteiger partial charge in [-0.2, -0.15) is 0 Å². The third-order valence-corrected chi connectivity index (χ3v) is 3.33. The van der Waals surface area contributed by atoms with Crippen LogP contribution in [0.5, 0.6) is 0 Å². The number of methoxy groups -OCH3 is 1. The van der Waals surface area contributed by atoms with Crippen LogP contribution in [0.2, 0.25) is 0 Å². The molecule has 0 aromatic carbocycles. The van der Waals surface area contributed by atoms with Crippen LogP contribution in [-0.4, -0.2) is 40.3 Å². The molecule has 0 amide bonds. The molecular formula is C15H17N5O. The Bertz CT molecular complexity index is 753. The molecule has 1 N–H and O–H groups in total. The van der Waals surface area contributed by atoms with E-state index >= 15 is 0 Å². The van der Waals surface area contributed by atoms with Gasteiger partial charge in [-0.15, -0.1) is 0 Å². The summed E-state index contributed by atoms with van der Waals surface area (Å²) in [5, 5.41) is 4.04. The summed E-state index contributed by atoms with van der Waals surface area (Å²) in [4.78, 5) is 13.1. The Morgan fingerprint density at radius 3 is 2.95 bits per heavy atom. The molecule has 108 valence electrons. The highest BCUT2D eigenvalue weighted by Gasteiger charge is 2.12. The van der Waals surface area contributed by atoms with Crippen LogP contribution in [0.25, 0.3) is 22.3 Å². The fourth-order valence-electron chi connectivity index (χ4n) is 2.32. The molecule has 3 heterocycles. The highest BCUT2D eigenvalue weighted by Crippen LogP contribution is 2.28. The van der Waals surface area contributed by atoms with E-state index in [9.17, 15) is 0 Å². The van der Waals surface area contributed by atoms with Crippen molar-refractivity contribution >= 4 is 17.0 Å². The molecule has 0 bridgehead atoms. The average molecular weight is 283 g/mol. The molecular weight excluding hydrogens is 266 g/mol. The molecule has 0 atom stereocenters. The van der Waals surface area contributed by atoms with Crippen LogP contribution in [-0.2, 0) is 11.3 Å². The molecule has 0 saturated heterocycles. The van der Waals surface area contributed by atoms with Gasteiger partial charge in [-0.1, -0.05) is 0 Å². The molecule has 0 fully saturated rings. The van der Waals surface area contributed by atoms with E-state index in [4.69, 9.17) is 4.74 Å². The molecule has 21 heavy (non-hydrogen) atoms. The minimum absolute atomic E-state index is 0.606. The summed E-state index contributed by atoms with van der Waals surface area (Å²) in [6.45, 7) is 1.40. The van der Waals surface area contributed by atoms with Crippen molar-refractivity contribution in [1.29, 1.82) is 0 Å². The topological polar surface area (TPSA) is 64.9 Å². The monoisotopic (exact) mass is 283 g/mol. The zero-order valence-corrected chi connectivity index (χ0v) is 12.1. The van der Waals surface area contributed by atoms with Gasteiger partial charge < -0.3 is 14.6 Å². The van der Waals surface area contributed by atoms with Crippen LogP contribution in [0.4, 0.5) is 5.95 Å². The number of rotatable bonds is 5. The van der Waals surface area contributed by atoms with Gasteiger partial charge in [0.1, 0.15) is 5.65 Å². The van der Waals surface area contributed by atoms with Gasteiger partial charge in [0.2, 0.25) is 5.95 Å². The quantitative estimate of drug-likeness (QED) is 0.777. The second-order valence-corrected chi connectivity index (χ2v) is 4.62. The average Bonchev–Trinajstić information content (AvgIpc) is 2.92. The molecule has 6 heteroatoms. The minimum Gasteiger partial charge on any atom is -0.383 e. The van der Waals surface area contributed by atoms with E-state index in [0.717, 1.165) is 28.8 Å². The number of hydrogen-bond donors (Lipinski definition) is 1. The molecule has 3 aromatic rings. The molecule has 0 aliphatic rings. The van der Waals surface area contributed by atoms with Crippen molar-refractivity contribution < 1.29 is 4.74 Å². The second-order valence-electron chi connectivity index (χ2n) is 4.62. The van der Waals surface area contributed by atoms with Gasteiger partial charge >= 0.3 is 0 Å². The van der Waals surface area contributed by atoms with Crippen molar-refractivity contribution in [2.75, 3.05) is 26.1 Å². The predicted octanol–water partition coefficient (Wildman–Crippen LogP) is 2.18. The number of anilines is 1. The number of hydrogen-bond acceptors (Lipinski definition) is 5. The summed E-state index contributed by atoms with van der Waals surface area (Å²) in [5.41, 5.74) is 2.87. The summed E-state index contributed by atoms with van der Waals surface area (Å²) in [6.07, 6.45) is 5.62. The van der Waals surface area contributed by atoms with Crippen LogP contribution < -0.4 is 5.32 Å². The number of aromatic nitrogens is 4. The fraction of sp³-hybridized carbons (Fsp3) is 0.267. The van der Waals surface area contributed by atoms with Gasteiger partial charge in [0.15, 0.2) is 0 Å². The Balaban J connectivity index is 2.13. The second kappa shape index (κ2) is 5.88. The van der Waals surface area contributed by atoms with Crippen LogP contribution >= 0.6 is 0 Å². The highest BCUT2D eigenvalue weighted by atomic mass is 16.5. The molecule has 0 radical (unpaired) electrons. The lowest BCUT2D eigenvalue weighted by atomic mass is 10.1. The molecule has 0 saturated carbocycles. The van der Waals surface area contributed by atoms with Crippen molar-refractivity contribution in [3.63, 3.8) is 0 Å². The first-order valence-electron chi connectivity index (χ1n) is 6.77. The first kappa shape index (κ1) is 13.5. The Labute approximate surface area is 122 Å². The van der Waals surface area contributed by atoms with Crippen molar-refractivity contribution in [2.24, 2.45) is 0 Å². The van der Waals surface area contributed by atoms with E-state index in [-0.39, 0.29) is 0 Å². The van der Waals surface area contributed by atoms with Crippen LogP contribution in [0.1, 0.15) is 0 Å². The van der Waals surface area contributed by atoms with E-state index in [1.807, 2.05) is 19.2 Å². The maximum absolute atomic E-state index is 5.16. The van der Waals surface area contributed by atoms with E-state index in [1.54, 1.807) is 19.5 Å². The van der Waals surface area contributed by atoms with Crippen molar-refractivity contribution in [3.8, 4) is 11.3 Å². The van der Waals surface area contributed by atoms with Gasteiger partial charge in [-0.05, 0) is 18.2 Å². The summed E-state index contributed by atoms with van der Waals surface area (Å²) in [7, 11) is 3.51. The Hall–Kier alpha value is -2.47. The maximum Gasteiger partial charge on any atom is 0.222 e. The molecule has 3 aromatic heterocycles. The van der Waals surface area contributed by atoms with Crippen molar-refractivity contribution in [1.82, 2.24) is 19.5 Å². The van der Waals surface area contributed by atoms with Gasteiger partial charge in [0, 0.05) is 50.2 Å². The molecule has 0 spiro atoms. The van der Waals surface area contributed by atoms with Crippen molar-refractivity contribution in [2.45, 2.75) is 6.54 Å². The Morgan fingerprint density at radius 1 is 1.24 bits per heavy atom. The number of fused-ring (bicyclic) bond motifs is 1. The van der Waals surface area contributed by atoms with Crippen LogP contribution in [0.15, 0.2) is 36.8 Å². The maximum atomic E-state index is 5.16. The normalized spacial score (nSPS) is 11.0. The standard InChI is InChI=1S/C15H17N5O/c1-16-15-18-7-5-13(19-15)12-10-20(8-9-21-2)14-11(12)4-3-6-17-14/h3-7,10H,8-9H2,1-2H3,(H,16,18,19). The lowest BCUT2D eigenvalue weighted by Crippen LogP contribution is -2.03. The van der Waals surface area contributed by atoms with Gasteiger partial charge in [0.05, 0.1) is 12.3 Å². The zero-order chi connectivity index (χ0) is 14.7. The van der Waals surface area contributed by atoms with E-state index in [0.29, 0.717) is 12.6 Å². The molecule has 6 nitrogen and oxygen atoms in total. The van der Waals surface area contributed by atoms with E-state index in [1.165, 1.54) is 0 Å². The lowest BCUT2D eigenvalue weighted by molar-refractivity contribution is 0.188. The zero-order valence-electron chi connectivity index (χ0n) is 12.1. The SMILES string of the molecule is CNc1nccc(-c2cn(CCOC)c3ncccc23)n1. The third kappa shape index (κ3) is 2.57. The number of pyridine rings is 1. The Kier molecular flexibility index (Phi) is 3.79. The summed E-state index contributed by atoms with van der Waals surface area (Å²) >= 11 is 0. The van der Waals surface area contributed by atoms with E-state index < -0.39 is 0 Å². The first-order valence-corrected chi connectivity index (χ1v) is 6.77. The lowest BCUT2D eigenvalue weighted by Gasteiger charge is -2.02. The number of ether oxygens (including phenoxy) is 1. The molecule has 3 rings (SSSR count). The molecule has 0 aliphatic carbocycles. The first-order chi connectivity index (χ1) is 10.3. The van der Waals surface area contributed by atoms with Gasteiger partial charge in [-0.3, -0.25) is 0 Å². The smallest absolute Gasteiger partial charge is 0.222 e. The van der Waals surface area contributed by atoms with Crippen molar-refractivity contribution in [3.05, 3.63) is 36.8 Å². The summed E-state index contributed by atoms with van der Waals surface area (Å²) < 4.78 is 7.25.